The van der Waals surface area contributed by atoms with E-state index in [9.17, 15) is 9.59 Å². The second-order valence-electron chi connectivity index (χ2n) is 4.89. The molecule has 0 saturated carbocycles. The molecule has 21 heavy (non-hydrogen) atoms. The number of hydrogen-bond donors (Lipinski definition) is 1. The average molecular weight is 295 g/mol. The molecule has 0 radical (unpaired) electrons. The molecule has 1 aliphatic heterocycles. The first-order valence-electron chi connectivity index (χ1n) is 6.95. The number of methoxy groups -OCH3 is 1. The first-order valence-corrected chi connectivity index (χ1v) is 6.95. The van der Waals surface area contributed by atoms with E-state index >= 15 is 0 Å². The van der Waals surface area contributed by atoms with Crippen molar-refractivity contribution in [1.29, 1.82) is 0 Å². The van der Waals surface area contributed by atoms with Gasteiger partial charge in [-0.2, -0.15) is 5.10 Å². The van der Waals surface area contributed by atoms with Crippen LogP contribution >= 0.6 is 0 Å². The average Bonchev–Trinajstić information content (AvgIpc) is 2.88. The molecule has 8 heteroatoms. The smallest absolute Gasteiger partial charge is 0.276 e. The van der Waals surface area contributed by atoms with Crippen molar-refractivity contribution in [3.63, 3.8) is 0 Å². The van der Waals surface area contributed by atoms with Crippen LogP contribution in [-0.2, 0) is 16.1 Å². The Hall–Kier alpha value is -2.09. The third kappa shape index (κ3) is 3.33. The molecule has 0 spiro atoms. The molecule has 0 bridgehead atoms. The summed E-state index contributed by atoms with van der Waals surface area (Å²) in [5.74, 6) is -0.238. The van der Waals surface area contributed by atoms with Gasteiger partial charge in [0.1, 0.15) is 6.61 Å². The van der Waals surface area contributed by atoms with Gasteiger partial charge < -0.3 is 20.3 Å². The van der Waals surface area contributed by atoms with E-state index in [4.69, 9.17) is 10.5 Å². The van der Waals surface area contributed by atoms with Crippen LogP contribution in [0, 0.1) is 0 Å². The molecule has 2 amide bonds. The molecular weight excluding hydrogens is 274 g/mol. The highest BCUT2D eigenvalue weighted by Crippen LogP contribution is 2.14. The number of nitrogen functional groups attached to an aromatic ring is 1. The van der Waals surface area contributed by atoms with Gasteiger partial charge >= 0.3 is 0 Å². The first-order chi connectivity index (χ1) is 10.1. The van der Waals surface area contributed by atoms with Gasteiger partial charge in [0.15, 0.2) is 5.69 Å². The summed E-state index contributed by atoms with van der Waals surface area (Å²) in [7, 11) is 1.49. The Bertz CT molecular complexity index is 520. The molecule has 116 valence electrons. The first kappa shape index (κ1) is 15.3. The summed E-state index contributed by atoms with van der Waals surface area (Å²) in [6, 6.07) is 0. The molecule has 1 aliphatic rings. The van der Waals surface area contributed by atoms with Crippen molar-refractivity contribution in [3.05, 3.63) is 11.9 Å². The van der Waals surface area contributed by atoms with Gasteiger partial charge in [-0.25, -0.2) is 0 Å². The van der Waals surface area contributed by atoms with Gasteiger partial charge in [-0.05, 0) is 6.92 Å². The zero-order valence-electron chi connectivity index (χ0n) is 12.4. The third-order valence-corrected chi connectivity index (χ3v) is 3.50. The summed E-state index contributed by atoms with van der Waals surface area (Å²) in [6.07, 6.45) is 1.66. The second kappa shape index (κ2) is 6.57. The van der Waals surface area contributed by atoms with Crippen molar-refractivity contribution in [2.24, 2.45) is 0 Å². The Kier molecular flexibility index (Phi) is 4.79. The van der Waals surface area contributed by atoms with Crippen LogP contribution in [0.3, 0.4) is 0 Å². The van der Waals surface area contributed by atoms with Crippen LogP contribution < -0.4 is 5.73 Å². The van der Waals surface area contributed by atoms with E-state index < -0.39 is 0 Å². The van der Waals surface area contributed by atoms with Crippen molar-refractivity contribution >= 4 is 17.5 Å². The molecular formula is C13H21N5O3. The molecule has 0 atom stereocenters. The van der Waals surface area contributed by atoms with Crippen LogP contribution in [0.2, 0.25) is 0 Å². The maximum atomic E-state index is 12.4. The zero-order chi connectivity index (χ0) is 15.4. The van der Waals surface area contributed by atoms with Gasteiger partial charge in [0.25, 0.3) is 5.91 Å². The van der Waals surface area contributed by atoms with Crippen LogP contribution in [0.1, 0.15) is 17.4 Å². The largest absolute Gasteiger partial charge is 0.396 e. The molecule has 0 unspecified atom stereocenters. The molecule has 0 aromatic carbocycles. The van der Waals surface area contributed by atoms with Gasteiger partial charge in [-0.15, -0.1) is 0 Å². The Labute approximate surface area is 123 Å². The van der Waals surface area contributed by atoms with E-state index in [1.165, 1.54) is 7.11 Å². The number of carbonyl (C=O) groups excluding carboxylic acids is 2. The quantitative estimate of drug-likeness (QED) is 0.802. The lowest BCUT2D eigenvalue weighted by Gasteiger charge is -2.34. The maximum Gasteiger partial charge on any atom is 0.276 e. The number of carbonyl (C=O) groups is 2. The van der Waals surface area contributed by atoms with Crippen LogP contribution in [-0.4, -0.2) is 71.3 Å². The molecule has 2 rings (SSSR count). The molecule has 2 N–H and O–H groups in total. The normalized spacial score (nSPS) is 15.3. The number of nitrogens with two attached hydrogens (primary N) is 1. The topological polar surface area (TPSA) is 93.7 Å². The van der Waals surface area contributed by atoms with Gasteiger partial charge in [0, 0.05) is 46.0 Å². The Balaban J connectivity index is 1.96. The summed E-state index contributed by atoms with van der Waals surface area (Å²) in [4.78, 5) is 27.5. The lowest BCUT2D eigenvalue weighted by molar-refractivity contribution is -0.136. The van der Waals surface area contributed by atoms with E-state index in [-0.39, 0.29) is 24.1 Å². The fourth-order valence-electron chi connectivity index (χ4n) is 2.29. The van der Waals surface area contributed by atoms with Gasteiger partial charge in [0.2, 0.25) is 5.91 Å². The molecule has 1 aromatic rings. The number of nitrogens with zero attached hydrogens (tertiary/aromatic N) is 4. The van der Waals surface area contributed by atoms with Gasteiger partial charge in [-0.3, -0.25) is 14.3 Å². The van der Waals surface area contributed by atoms with Crippen LogP contribution in [0.25, 0.3) is 0 Å². The summed E-state index contributed by atoms with van der Waals surface area (Å²) in [6.45, 7) is 4.63. The monoisotopic (exact) mass is 295 g/mol. The Morgan fingerprint density at radius 1 is 1.29 bits per heavy atom. The minimum atomic E-state index is -0.182. The summed E-state index contributed by atoms with van der Waals surface area (Å²) < 4.78 is 6.47. The Morgan fingerprint density at radius 3 is 2.43 bits per heavy atom. The highest BCUT2D eigenvalue weighted by Gasteiger charge is 2.27. The molecule has 1 fully saturated rings. The standard InChI is InChI=1S/C13H21N5O3/c1-3-18-8-10(14)12(15-18)13(20)17-6-4-16(5-7-17)11(19)9-21-2/h8H,3-7,9,14H2,1-2H3. The predicted octanol–water partition coefficient (Wildman–Crippen LogP) is -0.584. The van der Waals surface area contributed by atoms with E-state index in [0.717, 1.165) is 0 Å². The lowest BCUT2D eigenvalue weighted by atomic mass is 10.2. The highest BCUT2D eigenvalue weighted by molar-refractivity contribution is 5.97. The zero-order valence-corrected chi connectivity index (χ0v) is 12.4. The van der Waals surface area contributed by atoms with Gasteiger partial charge in [0.05, 0.1) is 5.69 Å². The van der Waals surface area contributed by atoms with E-state index in [2.05, 4.69) is 5.10 Å². The van der Waals surface area contributed by atoms with Gasteiger partial charge in [-0.1, -0.05) is 0 Å². The summed E-state index contributed by atoms with van der Waals surface area (Å²) in [5, 5.41) is 4.19. The molecule has 1 aromatic heterocycles. The second-order valence-corrected chi connectivity index (χ2v) is 4.89. The lowest BCUT2D eigenvalue weighted by Crippen LogP contribution is -2.51. The maximum absolute atomic E-state index is 12.4. The summed E-state index contributed by atoms with van der Waals surface area (Å²) in [5.41, 5.74) is 6.50. The number of anilines is 1. The fourth-order valence-corrected chi connectivity index (χ4v) is 2.29. The number of piperazine rings is 1. The molecule has 2 heterocycles. The number of aromatic nitrogens is 2. The number of rotatable bonds is 4. The van der Waals surface area contributed by atoms with E-state index in [1.54, 1.807) is 20.7 Å². The van der Waals surface area contributed by atoms with Crippen molar-refractivity contribution in [2.45, 2.75) is 13.5 Å². The number of hydrogen-bond acceptors (Lipinski definition) is 5. The molecule has 0 aliphatic carbocycles. The van der Waals surface area contributed by atoms with Crippen LogP contribution in [0.5, 0.6) is 0 Å². The SMILES string of the molecule is CCn1cc(N)c(C(=O)N2CCN(C(=O)COC)CC2)n1. The van der Waals surface area contributed by atoms with Crippen molar-refractivity contribution in [1.82, 2.24) is 19.6 Å². The summed E-state index contributed by atoms with van der Waals surface area (Å²) >= 11 is 0. The van der Waals surface area contributed by atoms with Crippen molar-refractivity contribution in [3.8, 4) is 0 Å². The predicted molar refractivity (Wildman–Crippen MR) is 76.7 cm³/mol. The number of aryl methyl sites for hydroxylation is 1. The van der Waals surface area contributed by atoms with E-state index in [1.807, 2.05) is 6.92 Å². The van der Waals surface area contributed by atoms with E-state index in [0.29, 0.717) is 38.4 Å². The fraction of sp³-hybridized carbons (Fsp3) is 0.615. The molecule has 1 saturated heterocycles. The minimum absolute atomic E-state index is 0.0561. The minimum Gasteiger partial charge on any atom is -0.396 e. The van der Waals surface area contributed by atoms with Crippen molar-refractivity contribution < 1.29 is 14.3 Å². The number of ether oxygens (including phenoxy) is 1. The highest BCUT2D eigenvalue weighted by atomic mass is 16.5. The number of amides is 2. The Morgan fingerprint density at radius 2 is 1.90 bits per heavy atom. The van der Waals surface area contributed by atoms with Crippen molar-refractivity contribution in [2.75, 3.05) is 45.6 Å². The van der Waals surface area contributed by atoms with Crippen LogP contribution in [0.15, 0.2) is 6.20 Å². The molecule has 8 nitrogen and oxygen atoms in total. The third-order valence-electron chi connectivity index (χ3n) is 3.50. The van der Waals surface area contributed by atoms with Crippen LogP contribution in [0.4, 0.5) is 5.69 Å².